The van der Waals surface area contributed by atoms with Crippen molar-refractivity contribution in [2.75, 3.05) is 0 Å². The Hall–Kier alpha value is -2.03. The minimum atomic E-state index is -1.53. The van der Waals surface area contributed by atoms with Gasteiger partial charge in [0.15, 0.2) is 6.04 Å². The van der Waals surface area contributed by atoms with Crippen LogP contribution in [0.1, 0.15) is 41.5 Å². The van der Waals surface area contributed by atoms with Crippen LogP contribution in [0.4, 0.5) is 0 Å². The molecule has 0 aliphatic carbocycles. The third-order valence-electron chi connectivity index (χ3n) is 1.92. The van der Waals surface area contributed by atoms with Gasteiger partial charge in [0.1, 0.15) is 11.2 Å². The van der Waals surface area contributed by atoms with E-state index in [2.05, 4.69) is 5.16 Å². The normalized spacial score (nSPS) is 14.5. The van der Waals surface area contributed by atoms with Gasteiger partial charge in [0.2, 0.25) is 12.1 Å². The van der Waals surface area contributed by atoms with Crippen LogP contribution in [-0.4, -0.2) is 41.2 Å². The zero-order chi connectivity index (χ0) is 17.7. The maximum Gasteiger partial charge on any atom is 0.353 e. The zero-order valence-corrected chi connectivity index (χ0v) is 13.9. The topological polar surface area (TPSA) is 152 Å². The average Bonchev–Trinajstić information content (AvgIpc) is 2.23. The third-order valence-corrected chi connectivity index (χ3v) is 1.92. The summed E-state index contributed by atoms with van der Waals surface area (Å²) in [6.07, 6.45) is -1.53. The Morgan fingerprint density at radius 2 is 1.32 bits per heavy atom. The minimum Gasteiger partial charge on any atom is -0.459 e. The van der Waals surface area contributed by atoms with Gasteiger partial charge in [-0.1, -0.05) is 0 Å². The SMILES string of the molecule is CC(C)(C)OC(=O)C(N)C(ON=C(N)N)C(=O)OC(C)(C)C. The van der Waals surface area contributed by atoms with Gasteiger partial charge in [0.05, 0.1) is 0 Å². The highest BCUT2D eigenvalue weighted by molar-refractivity contribution is 5.86. The molecule has 128 valence electrons. The molecular weight excluding hydrogens is 292 g/mol. The first-order valence-electron chi connectivity index (χ1n) is 6.69. The highest BCUT2D eigenvalue weighted by Gasteiger charge is 2.39. The summed E-state index contributed by atoms with van der Waals surface area (Å²) < 4.78 is 10.2. The molecule has 0 amide bonds. The third kappa shape index (κ3) is 8.30. The number of esters is 2. The first-order valence-corrected chi connectivity index (χ1v) is 6.69. The molecule has 0 bridgehead atoms. The standard InChI is InChI=1S/C13H26N4O5/c1-12(2,3)20-9(18)7(14)8(22-17-11(15)16)10(19)21-13(4,5)6/h7-8H,14H2,1-6H3,(H4,15,16,17). The van der Waals surface area contributed by atoms with Crippen molar-refractivity contribution < 1.29 is 23.9 Å². The zero-order valence-electron chi connectivity index (χ0n) is 13.9. The Morgan fingerprint density at radius 3 is 1.68 bits per heavy atom. The summed E-state index contributed by atoms with van der Waals surface area (Å²) in [6, 6.07) is -1.45. The predicted octanol–water partition coefficient (Wildman–Crippen LogP) is -0.429. The molecule has 9 heteroatoms. The quantitative estimate of drug-likeness (QED) is 0.267. The van der Waals surface area contributed by atoms with Crippen LogP contribution in [0.2, 0.25) is 0 Å². The number of oxime groups is 1. The van der Waals surface area contributed by atoms with Crippen LogP contribution < -0.4 is 17.2 Å². The van der Waals surface area contributed by atoms with Crippen molar-refractivity contribution in [1.82, 2.24) is 0 Å². The van der Waals surface area contributed by atoms with Gasteiger partial charge in [-0.3, -0.25) is 4.79 Å². The van der Waals surface area contributed by atoms with E-state index in [0.717, 1.165) is 0 Å². The highest BCUT2D eigenvalue weighted by Crippen LogP contribution is 2.14. The number of hydrogen-bond acceptors (Lipinski definition) is 7. The van der Waals surface area contributed by atoms with Crippen molar-refractivity contribution in [3.8, 4) is 0 Å². The fourth-order valence-electron chi connectivity index (χ4n) is 1.23. The van der Waals surface area contributed by atoms with E-state index in [-0.39, 0.29) is 0 Å². The fraction of sp³-hybridized carbons (Fsp3) is 0.769. The van der Waals surface area contributed by atoms with Crippen LogP contribution in [0.3, 0.4) is 0 Å². The van der Waals surface area contributed by atoms with Gasteiger partial charge in [-0.25, -0.2) is 4.79 Å². The number of nitrogens with two attached hydrogens (primary N) is 3. The van der Waals surface area contributed by atoms with Crippen LogP contribution in [0.15, 0.2) is 5.16 Å². The van der Waals surface area contributed by atoms with E-state index < -0.39 is 41.2 Å². The van der Waals surface area contributed by atoms with Crippen LogP contribution in [-0.2, 0) is 23.9 Å². The number of guanidine groups is 1. The number of rotatable bonds is 5. The van der Waals surface area contributed by atoms with E-state index >= 15 is 0 Å². The maximum atomic E-state index is 12.1. The van der Waals surface area contributed by atoms with E-state index in [1.54, 1.807) is 41.5 Å². The van der Waals surface area contributed by atoms with Gasteiger partial charge in [-0.05, 0) is 46.7 Å². The van der Waals surface area contributed by atoms with E-state index in [1.165, 1.54) is 0 Å². The molecule has 9 nitrogen and oxygen atoms in total. The molecule has 2 atom stereocenters. The van der Waals surface area contributed by atoms with E-state index in [4.69, 9.17) is 31.5 Å². The lowest BCUT2D eigenvalue weighted by Crippen LogP contribution is -2.51. The summed E-state index contributed by atoms with van der Waals surface area (Å²) in [7, 11) is 0. The predicted molar refractivity (Wildman–Crippen MR) is 80.3 cm³/mol. The molecule has 0 heterocycles. The van der Waals surface area contributed by atoms with Crippen molar-refractivity contribution in [2.24, 2.45) is 22.4 Å². The van der Waals surface area contributed by atoms with Gasteiger partial charge in [-0.15, -0.1) is 0 Å². The summed E-state index contributed by atoms with van der Waals surface area (Å²) in [5, 5.41) is 3.26. The number of carbonyl (C=O) groups excluding carboxylic acids is 2. The minimum absolute atomic E-state index is 0.426. The van der Waals surface area contributed by atoms with Crippen LogP contribution >= 0.6 is 0 Å². The first kappa shape index (κ1) is 20.0. The summed E-state index contributed by atoms with van der Waals surface area (Å²) in [4.78, 5) is 28.9. The van der Waals surface area contributed by atoms with Crippen LogP contribution in [0.5, 0.6) is 0 Å². The number of carbonyl (C=O) groups is 2. The molecule has 0 saturated heterocycles. The molecular formula is C13H26N4O5. The molecule has 0 spiro atoms. The second-order valence-corrected chi connectivity index (χ2v) is 6.63. The van der Waals surface area contributed by atoms with E-state index in [9.17, 15) is 9.59 Å². The highest BCUT2D eigenvalue weighted by atomic mass is 16.7. The Labute approximate surface area is 130 Å². The van der Waals surface area contributed by atoms with Gasteiger partial charge in [-0.2, -0.15) is 0 Å². The molecule has 0 fully saturated rings. The first-order chi connectivity index (χ1) is 9.73. The van der Waals surface area contributed by atoms with Gasteiger partial charge >= 0.3 is 11.9 Å². The molecule has 0 aliphatic rings. The van der Waals surface area contributed by atoms with E-state index in [1.807, 2.05) is 0 Å². The Balaban J connectivity index is 5.18. The Bertz CT molecular complexity index is 433. The summed E-state index contributed by atoms with van der Waals surface area (Å²) in [5.41, 5.74) is 14.4. The molecule has 0 radical (unpaired) electrons. The van der Waals surface area contributed by atoms with Crippen molar-refractivity contribution in [3.63, 3.8) is 0 Å². The van der Waals surface area contributed by atoms with Gasteiger partial charge in [0.25, 0.3) is 0 Å². The lowest BCUT2D eigenvalue weighted by atomic mass is 10.1. The largest absolute Gasteiger partial charge is 0.459 e. The number of hydrogen-bond donors (Lipinski definition) is 3. The Kier molecular flexibility index (Phi) is 6.63. The summed E-state index contributed by atoms with van der Waals surface area (Å²) in [6.45, 7) is 9.95. The average molecular weight is 318 g/mol. The fourth-order valence-corrected chi connectivity index (χ4v) is 1.23. The molecule has 0 aromatic rings. The summed E-state index contributed by atoms with van der Waals surface area (Å²) in [5.74, 6) is -2.14. The lowest BCUT2D eigenvalue weighted by Gasteiger charge is -2.27. The smallest absolute Gasteiger partial charge is 0.353 e. The molecule has 0 rings (SSSR count). The summed E-state index contributed by atoms with van der Waals surface area (Å²) >= 11 is 0. The molecule has 0 aromatic carbocycles. The van der Waals surface area contributed by atoms with Crippen molar-refractivity contribution >= 4 is 17.9 Å². The lowest BCUT2D eigenvalue weighted by molar-refractivity contribution is -0.178. The molecule has 0 aliphatic heterocycles. The number of nitrogens with zero attached hydrogens (tertiary/aromatic N) is 1. The van der Waals surface area contributed by atoms with Gasteiger partial charge < -0.3 is 31.5 Å². The van der Waals surface area contributed by atoms with Crippen molar-refractivity contribution in [2.45, 2.75) is 64.9 Å². The molecule has 2 unspecified atom stereocenters. The van der Waals surface area contributed by atoms with Crippen molar-refractivity contribution in [3.05, 3.63) is 0 Å². The molecule has 0 saturated carbocycles. The second-order valence-electron chi connectivity index (χ2n) is 6.63. The maximum absolute atomic E-state index is 12.1. The molecule has 0 aromatic heterocycles. The van der Waals surface area contributed by atoms with Crippen molar-refractivity contribution in [1.29, 1.82) is 0 Å². The van der Waals surface area contributed by atoms with E-state index in [0.29, 0.717) is 0 Å². The molecule has 22 heavy (non-hydrogen) atoms. The van der Waals surface area contributed by atoms with Gasteiger partial charge in [0, 0.05) is 0 Å². The van der Waals surface area contributed by atoms with Crippen LogP contribution in [0.25, 0.3) is 0 Å². The number of ether oxygens (including phenoxy) is 2. The monoisotopic (exact) mass is 318 g/mol. The second kappa shape index (κ2) is 7.30. The Morgan fingerprint density at radius 1 is 0.909 bits per heavy atom. The molecule has 6 N–H and O–H groups in total. The van der Waals surface area contributed by atoms with Crippen LogP contribution in [0, 0.1) is 0 Å².